The first-order valence-electron chi connectivity index (χ1n) is 9.26. The molecular weight excluding hydrogens is 376 g/mol. The maximum Gasteiger partial charge on any atom is 0.243 e. The summed E-state index contributed by atoms with van der Waals surface area (Å²) in [5, 5.41) is 11.1. The third-order valence-corrected chi connectivity index (χ3v) is 7.02. The number of aromatic nitrogens is 4. The number of nitrogens with one attached hydrogen (secondary N) is 1. The number of hydrogen-bond donors (Lipinski definition) is 1. The van der Waals surface area contributed by atoms with Crippen molar-refractivity contribution in [1.29, 1.82) is 0 Å². The molecule has 0 amide bonds. The first-order valence-corrected chi connectivity index (χ1v) is 10.7. The van der Waals surface area contributed by atoms with Gasteiger partial charge in [-0.3, -0.25) is 0 Å². The molecule has 9 heteroatoms. The molecule has 28 heavy (non-hydrogen) atoms. The van der Waals surface area contributed by atoms with E-state index in [9.17, 15) is 8.42 Å². The van der Waals surface area contributed by atoms with Crippen molar-refractivity contribution in [2.45, 2.75) is 18.4 Å². The van der Waals surface area contributed by atoms with Gasteiger partial charge in [-0.05, 0) is 41.1 Å². The van der Waals surface area contributed by atoms with E-state index in [0.29, 0.717) is 18.0 Å². The van der Waals surface area contributed by atoms with E-state index in [1.165, 1.54) is 21.5 Å². The van der Waals surface area contributed by atoms with Gasteiger partial charge in [0.05, 0.1) is 36.8 Å². The van der Waals surface area contributed by atoms with Crippen LogP contribution in [0.5, 0.6) is 0 Å². The molecule has 0 saturated carbocycles. The number of sulfonamides is 1. The van der Waals surface area contributed by atoms with E-state index in [2.05, 4.69) is 27.7 Å². The lowest BCUT2D eigenvalue weighted by Crippen LogP contribution is -3.13. The number of rotatable bonds is 5. The maximum absolute atomic E-state index is 13.1. The van der Waals surface area contributed by atoms with Crippen molar-refractivity contribution in [1.82, 2.24) is 24.5 Å². The van der Waals surface area contributed by atoms with Crippen LogP contribution in [0, 0.1) is 6.92 Å². The minimum Gasteiger partial charge on any atom is -0.329 e. The fourth-order valence-electron chi connectivity index (χ4n) is 3.57. The molecule has 146 valence electrons. The van der Waals surface area contributed by atoms with Gasteiger partial charge in [0.1, 0.15) is 12.9 Å². The molecule has 0 atom stereocenters. The molecule has 1 aromatic heterocycles. The van der Waals surface area contributed by atoms with Gasteiger partial charge in [0.15, 0.2) is 0 Å². The van der Waals surface area contributed by atoms with E-state index < -0.39 is 10.0 Å². The Bertz CT molecular complexity index is 1030. The summed E-state index contributed by atoms with van der Waals surface area (Å²) in [4.78, 5) is 1.72. The monoisotopic (exact) mass is 399 g/mol. The van der Waals surface area contributed by atoms with Gasteiger partial charge in [0.25, 0.3) is 0 Å². The first-order chi connectivity index (χ1) is 13.5. The zero-order valence-electron chi connectivity index (χ0n) is 15.7. The summed E-state index contributed by atoms with van der Waals surface area (Å²) in [5.74, 6) is 0. The van der Waals surface area contributed by atoms with E-state index in [1.54, 1.807) is 22.5 Å². The van der Waals surface area contributed by atoms with Crippen LogP contribution < -0.4 is 4.90 Å². The molecule has 2 aromatic carbocycles. The smallest absolute Gasteiger partial charge is 0.243 e. The fraction of sp³-hybridized carbons (Fsp3) is 0.316. The van der Waals surface area contributed by atoms with Gasteiger partial charge in [0, 0.05) is 5.56 Å². The molecule has 0 bridgehead atoms. The maximum atomic E-state index is 13.1. The minimum atomic E-state index is -3.51. The molecule has 8 nitrogen and oxygen atoms in total. The zero-order valence-corrected chi connectivity index (χ0v) is 16.5. The lowest BCUT2D eigenvalue weighted by molar-refractivity contribution is -0.917. The molecule has 0 unspecified atom stereocenters. The van der Waals surface area contributed by atoms with Crippen LogP contribution in [0.15, 0.2) is 59.8 Å². The highest BCUT2D eigenvalue weighted by Gasteiger charge is 2.30. The van der Waals surface area contributed by atoms with E-state index in [0.717, 1.165) is 30.9 Å². The second-order valence-electron chi connectivity index (χ2n) is 7.02. The number of hydrogen-bond acceptors (Lipinski definition) is 5. The lowest BCUT2D eigenvalue weighted by Gasteiger charge is -2.31. The van der Waals surface area contributed by atoms with Gasteiger partial charge in [-0.1, -0.05) is 30.3 Å². The number of benzene rings is 2. The molecule has 3 aromatic rings. The quantitative estimate of drug-likeness (QED) is 0.656. The van der Waals surface area contributed by atoms with Crippen LogP contribution in [0.2, 0.25) is 0 Å². The van der Waals surface area contributed by atoms with Crippen LogP contribution in [0.3, 0.4) is 0 Å². The predicted molar refractivity (Wildman–Crippen MR) is 103 cm³/mol. The topological polar surface area (TPSA) is 85.4 Å². The molecule has 1 fully saturated rings. The summed E-state index contributed by atoms with van der Waals surface area (Å²) in [6, 6.07) is 15.4. The summed E-state index contributed by atoms with van der Waals surface area (Å²) in [7, 11) is -3.51. The van der Waals surface area contributed by atoms with Crippen LogP contribution in [0.4, 0.5) is 0 Å². The van der Waals surface area contributed by atoms with Crippen molar-refractivity contribution in [2.75, 3.05) is 26.2 Å². The molecule has 2 heterocycles. The average Bonchev–Trinajstić information content (AvgIpc) is 3.23. The van der Waals surface area contributed by atoms with E-state index in [1.807, 2.05) is 25.1 Å². The Kier molecular flexibility index (Phi) is 5.21. The molecule has 4 rings (SSSR count). The second kappa shape index (κ2) is 7.78. The van der Waals surface area contributed by atoms with E-state index >= 15 is 0 Å². The average molecular weight is 400 g/mol. The summed E-state index contributed by atoms with van der Waals surface area (Å²) in [5.41, 5.74) is 2.85. The summed E-state index contributed by atoms with van der Waals surface area (Å²) < 4.78 is 29.3. The van der Waals surface area contributed by atoms with Crippen LogP contribution in [-0.4, -0.2) is 59.1 Å². The van der Waals surface area contributed by atoms with E-state index in [4.69, 9.17) is 0 Å². The van der Waals surface area contributed by atoms with Crippen molar-refractivity contribution in [3.8, 4) is 5.69 Å². The molecule has 1 N–H and O–H groups in total. The molecule has 0 radical (unpaired) electrons. The predicted octanol–water partition coefficient (Wildman–Crippen LogP) is 0.0601. The summed E-state index contributed by atoms with van der Waals surface area (Å²) in [6.07, 6.45) is 1.49. The minimum absolute atomic E-state index is 0.313. The molecular formula is C19H23N6O2S+. The third kappa shape index (κ3) is 3.82. The van der Waals surface area contributed by atoms with Gasteiger partial charge in [0.2, 0.25) is 10.0 Å². The second-order valence-corrected chi connectivity index (χ2v) is 8.96. The number of aryl methyl sites for hydroxylation is 1. The van der Waals surface area contributed by atoms with Gasteiger partial charge in [-0.15, -0.1) is 5.10 Å². The summed E-state index contributed by atoms with van der Waals surface area (Å²) in [6.45, 7) is 5.44. The van der Waals surface area contributed by atoms with Crippen molar-refractivity contribution >= 4 is 10.0 Å². The van der Waals surface area contributed by atoms with Crippen LogP contribution in [0.25, 0.3) is 5.69 Å². The van der Waals surface area contributed by atoms with Gasteiger partial charge in [-0.2, -0.15) is 4.31 Å². The van der Waals surface area contributed by atoms with Crippen molar-refractivity contribution in [2.24, 2.45) is 0 Å². The summed E-state index contributed by atoms with van der Waals surface area (Å²) >= 11 is 0. The Labute approximate surface area is 164 Å². The fourth-order valence-corrected chi connectivity index (χ4v) is 5.10. The van der Waals surface area contributed by atoms with Crippen molar-refractivity contribution < 1.29 is 13.3 Å². The van der Waals surface area contributed by atoms with Crippen LogP contribution in [0.1, 0.15) is 11.1 Å². The van der Waals surface area contributed by atoms with Crippen molar-refractivity contribution in [3.63, 3.8) is 0 Å². The Morgan fingerprint density at radius 3 is 2.46 bits per heavy atom. The molecule has 1 saturated heterocycles. The Morgan fingerprint density at radius 1 is 1.07 bits per heavy atom. The SMILES string of the molecule is Cc1cc(S(=O)(=O)N2CC[NH+](Cc3ccccc3)CC2)ccc1-n1cnnn1. The number of piperazine rings is 1. The highest BCUT2D eigenvalue weighted by Crippen LogP contribution is 2.21. The zero-order chi connectivity index (χ0) is 19.6. The highest BCUT2D eigenvalue weighted by atomic mass is 32.2. The number of nitrogens with zero attached hydrogens (tertiary/aromatic N) is 5. The Morgan fingerprint density at radius 2 is 1.82 bits per heavy atom. The highest BCUT2D eigenvalue weighted by molar-refractivity contribution is 7.89. The third-order valence-electron chi connectivity index (χ3n) is 5.13. The number of tetrazole rings is 1. The molecule has 1 aliphatic heterocycles. The first kappa shape index (κ1) is 18.7. The molecule has 1 aliphatic rings. The van der Waals surface area contributed by atoms with E-state index in [-0.39, 0.29) is 0 Å². The van der Waals surface area contributed by atoms with Gasteiger partial charge < -0.3 is 4.90 Å². The number of quaternary nitrogens is 1. The molecule has 0 spiro atoms. The van der Waals surface area contributed by atoms with Gasteiger partial charge in [-0.25, -0.2) is 13.1 Å². The largest absolute Gasteiger partial charge is 0.329 e. The molecule has 0 aliphatic carbocycles. The van der Waals surface area contributed by atoms with Crippen LogP contribution >= 0.6 is 0 Å². The Hall–Kier alpha value is -2.62. The normalized spacial score (nSPS) is 16.3. The van der Waals surface area contributed by atoms with Crippen molar-refractivity contribution in [3.05, 3.63) is 66.0 Å². The lowest BCUT2D eigenvalue weighted by atomic mass is 10.2. The standard InChI is InChI=1S/C19H22N6O2S/c1-16-13-18(7-8-19(16)25-15-20-21-22-25)28(26,27)24-11-9-23(10-12-24)14-17-5-3-2-4-6-17/h2-8,13,15H,9-12,14H2,1H3/p+1. The van der Waals surface area contributed by atoms with Crippen LogP contribution in [-0.2, 0) is 16.6 Å². The van der Waals surface area contributed by atoms with Gasteiger partial charge >= 0.3 is 0 Å². The Balaban J connectivity index is 1.45.